The maximum absolute atomic E-state index is 14.3. The molecule has 0 saturated heterocycles. The molecule has 3 aromatic carbocycles. The van der Waals surface area contributed by atoms with Gasteiger partial charge in [-0.3, -0.25) is 14.4 Å². The lowest BCUT2D eigenvalue weighted by Crippen LogP contribution is -2.38. The number of ketones is 2. The number of Topliss-reactive ketones (excluding diaryl/α,β-unsaturated/α-hetero) is 2. The van der Waals surface area contributed by atoms with Gasteiger partial charge < -0.3 is 10.1 Å². The summed E-state index contributed by atoms with van der Waals surface area (Å²) in [5.74, 6) is -6.45. The molecule has 3 aromatic rings. The maximum atomic E-state index is 14.3. The Balaban J connectivity index is 1.74. The Morgan fingerprint density at radius 2 is 1.52 bits per heavy atom. The van der Waals surface area contributed by atoms with Crippen LogP contribution in [0.2, 0.25) is 0 Å². The summed E-state index contributed by atoms with van der Waals surface area (Å²) in [6.45, 7) is 0. The second kappa shape index (κ2) is 8.31. The molecule has 2 atom stereocenters. The van der Waals surface area contributed by atoms with Crippen LogP contribution in [0.25, 0.3) is 0 Å². The molecular weight excluding hydrogens is 401 g/mol. The summed E-state index contributed by atoms with van der Waals surface area (Å²) >= 11 is 0. The lowest BCUT2D eigenvalue weighted by atomic mass is 9.84. The van der Waals surface area contributed by atoms with Crippen LogP contribution in [-0.2, 0) is 14.3 Å². The number of nitrogens with one attached hydrogen (secondary N) is 1. The van der Waals surface area contributed by atoms with Gasteiger partial charge in [0.1, 0.15) is 17.8 Å². The first-order chi connectivity index (χ1) is 15.0. The van der Waals surface area contributed by atoms with Crippen LogP contribution < -0.4 is 5.32 Å². The van der Waals surface area contributed by atoms with Crippen molar-refractivity contribution in [2.24, 2.45) is 5.92 Å². The van der Waals surface area contributed by atoms with E-state index < -0.39 is 41.3 Å². The number of hydrogen-bond acceptors (Lipinski definition) is 5. The molecule has 0 radical (unpaired) electrons. The van der Waals surface area contributed by atoms with E-state index in [2.05, 4.69) is 5.32 Å². The van der Waals surface area contributed by atoms with Crippen molar-refractivity contribution in [2.45, 2.75) is 6.10 Å². The lowest BCUT2D eigenvalue weighted by Gasteiger charge is -2.21. The van der Waals surface area contributed by atoms with Gasteiger partial charge in [0.25, 0.3) is 5.91 Å². The van der Waals surface area contributed by atoms with E-state index in [4.69, 9.17) is 4.74 Å². The molecule has 0 bridgehead atoms. The Morgan fingerprint density at radius 3 is 2.26 bits per heavy atom. The fourth-order valence-electron chi connectivity index (χ4n) is 3.50. The Hall–Kier alpha value is -4.13. The number of amides is 1. The number of halogens is 1. The summed E-state index contributed by atoms with van der Waals surface area (Å²) in [5.41, 5.74) is 0.466. The van der Waals surface area contributed by atoms with E-state index >= 15 is 0 Å². The maximum Gasteiger partial charge on any atom is 0.339 e. The van der Waals surface area contributed by atoms with Crippen LogP contribution in [0.1, 0.15) is 32.4 Å². The normalized spacial score (nSPS) is 15.5. The molecular formula is C24H16FNO5. The minimum Gasteiger partial charge on any atom is -0.453 e. The van der Waals surface area contributed by atoms with Gasteiger partial charge in [0.15, 0.2) is 5.78 Å². The van der Waals surface area contributed by atoms with Crippen molar-refractivity contribution in [3.8, 4) is 0 Å². The predicted octanol–water partition coefficient (Wildman–Crippen LogP) is 3.74. The van der Waals surface area contributed by atoms with Crippen LogP contribution in [0.3, 0.4) is 0 Å². The van der Waals surface area contributed by atoms with E-state index in [9.17, 15) is 23.6 Å². The topological polar surface area (TPSA) is 89.5 Å². The van der Waals surface area contributed by atoms with Gasteiger partial charge in [0, 0.05) is 11.3 Å². The number of benzene rings is 3. The number of esters is 1. The van der Waals surface area contributed by atoms with Crippen LogP contribution in [0.4, 0.5) is 10.1 Å². The summed E-state index contributed by atoms with van der Waals surface area (Å²) in [6, 6.07) is 19.6. The summed E-state index contributed by atoms with van der Waals surface area (Å²) in [7, 11) is 0. The van der Waals surface area contributed by atoms with Crippen molar-refractivity contribution in [2.75, 3.05) is 5.32 Å². The first-order valence-electron chi connectivity index (χ1n) is 9.46. The zero-order valence-electron chi connectivity index (χ0n) is 16.1. The quantitative estimate of drug-likeness (QED) is 0.286. The minimum atomic E-state index is -1.74. The molecule has 154 valence electrons. The third-order valence-electron chi connectivity index (χ3n) is 4.98. The second-order valence-electron chi connectivity index (χ2n) is 6.92. The van der Waals surface area contributed by atoms with Gasteiger partial charge in [-0.25, -0.2) is 9.18 Å². The molecule has 1 N–H and O–H groups in total. The number of anilines is 1. The van der Waals surface area contributed by atoms with Crippen LogP contribution in [0.15, 0.2) is 78.9 Å². The zero-order chi connectivity index (χ0) is 22.0. The monoisotopic (exact) mass is 417 g/mol. The van der Waals surface area contributed by atoms with E-state index in [-0.39, 0.29) is 11.1 Å². The molecule has 4 rings (SSSR count). The molecule has 0 aliphatic carbocycles. The number of carbonyl (C=O) groups is 4. The van der Waals surface area contributed by atoms with Crippen molar-refractivity contribution in [3.05, 3.63) is 101 Å². The molecule has 0 aromatic heterocycles. The molecule has 0 saturated carbocycles. The van der Waals surface area contributed by atoms with Crippen LogP contribution >= 0.6 is 0 Å². The van der Waals surface area contributed by atoms with Crippen molar-refractivity contribution >= 4 is 29.1 Å². The molecule has 1 aliphatic rings. The number of fused-ring (bicyclic) bond motifs is 1. The van der Waals surface area contributed by atoms with E-state index in [1.54, 1.807) is 42.5 Å². The fourth-order valence-corrected chi connectivity index (χ4v) is 3.50. The Morgan fingerprint density at radius 1 is 0.871 bits per heavy atom. The number of rotatable bonds is 6. The molecule has 31 heavy (non-hydrogen) atoms. The van der Waals surface area contributed by atoms with E-state index in [1.165, 1.54) is 30.3 Å². The van der Waals surface area contributed by atoms with Gasteiger partial charge in [-0.15, -0.1) is 0 Å². The Labute approximate surface area is 176 Å². The minimum absolute atomic E-state index is 0.190. The fraction of sp³-hybridized carbons (Fsp3) is 0.0833. The molecule has 6 nitrogen and oxygen atoms in total. The van der Waals surface area contributed by atoms with E-state index in [1.807, 2.05) is 0 Å². The third-order valence-corrected chi connectivity index (χ3v) is 4.98. The van der Waals surface area contributed by atoms with Crippen molar-refractivity contribution in [1.82, 2.24) is 0 Å². The molecule has 1 aliphatic heterocycles. The Bertz CT molecular complexity index is 1190. The van der Waals surface area contributed by atoms with E-state index in [0.29, 0.717) is 11.3 Å². The highest BCUT2D eigenvalue weighted by Crippen LogP contribution is 2.38. The highest BCUT2D eigenvalue weighted by atomic mass is 19.1. The average Bonchev–Trinajstić information content (AvgIpc) is 3.11. The van der Waals surface area contributed by atoms with Crippen LogP contribution in [0.5, 0.6) is 0 Å². The van der Waals surface area contributed by atoms with Gasteiger partial charge in [-0.1, -0.05) is 48.5 Å². The van der Waals surface area contributed by atoms with Crippen molar-refractivity contribution in [3.63, 3.8) is 0 Å². The predicted molar refractivity (Wildman–Crippen MR) is 109 cm³/mol. The second-order valence-corrected chi connectivity index (χ2v) is 6.92. The smallest absolute Gasteiger partial charge is 0.339 e. The molecule has 0 fully saturated rings. The summed E-state index contributed by atoms with van der Waals surface area (Å²) < 4.78 is 19.6. The Kier molecular flexibility index (Phi) is 5.41. The van der Waals surface area contributed by atoms with E-state index in [0.717, 1.165) is 6.07 Å². The van der Waals surface area contributed by atoms with Gasteiger partial charge in [-0.05, 0) is 30.3 Å². The lowest BCUT2D eigenvalue weighted by molar-refractivity contribution is -0.138. The highest BCUT2D eigenvalue weighted by Gasteiger charge is 2.46. The summed E-state index contributed by atoms with van der Waals surface area (Å²) in [4.78, 5) is 51.3. The first kappa shape index (κ1) is 20.2. The zero-order valence-corrected chi connectivity index (χ0v) is 16.1. The molecule has 0 spiro atoms. The standard InChI is InChI=1S/C24H16FNO5/c25-18-13-7-6-12-17(18)20(27)19(21(28)23(29)26-14-8-2-1-3-9-14)22-15-10-4-5-11-16(15)24(30)31-22/h1-13,19,22H,(H,26,29)/t19-,22-/m1/s1. The third kappa shape index (κ3) is 3.85. The number of hydrogen-bond donors (Lipinski definition) is 1. The summed E-state index contributed by atoms with van der Waals surface area (Å²) in [6.07, 6.45) is -1.34. The van der Waals surface area contributed by atoms with Crippen LogP contribution in [-0.4, -0.2) is 23.4 Å². The molecule has 1 heterocycles. The highest BCUT2D eigenvalue weighted by molar-refractivity contribution is 6.45. The number of carbonyl (C=O) groups excluding carboxylic acids is 4. The van der Waals surface area contributed by atoms with Gasteiger partial charge in [0.05, 0.1) is 11.1 Å². The average molecular weight is 417 g/mol. The number of ether oxygens (including phenoxy) is 1. The van der Waals surface area contributed by atoms with Crippen LogP contribution in [0, 0.1) is 11.7 Å². The number of cyclic esters (lactones) is 1. The van der Waals surface area contributed by atoms with Crippen molar-refractivity contribution < 1.29 is 28.3 Å². The summed E-state index contributed by atoms with van der Waals surface area (Å²) in [5, 5.41) is 2.43. The SMILES string of the molecule is O=C(Nc1ccccc1)C(=O)[C@@H](C(=O)c1ccccc1F)[C@@H]1OC(=O)c2ccccc21. The molecule has 1 amide bonds. The van der Waals surface area contributed by atoms with Gasteiger partial charge >= 0.3 is 5.97 Å². The number of para-hydroxylation sites is 1. The van der Waals surface area contributed by atoms with Crippen molar-refractivity contribution in [1.29, 1.82) is 0 Å². The van der Waals surface area contributed by atoms with Gasteiger partial charge in [0.2, 0.25) is 5.78 Å². The van der Waals surface area contributed by atoms with Gasteiger partial charge in [-0.2, -0.15) is 0 Å². The first-order valence-corrected chi connectivity index (χ1v) is 9.46. The molecule has 7 heteroatoms. The largest absolute Gasteiger partial charge is 0.453 e. The molecule has 0 unspecified atom stereocenters.